The largest absolute Gasteiger partial charge is 0.393 e. The third-order valence-electron chi connectivity index (χ3n) is 4.36. The fourth-order valence-corrected chi connectivity index (χ4v) is 3.31. The Morgan fingerprint density at radius 2 is 1.79 bits per heavy atom. The van der Waals surface area contributed by atoms with Crippen molar-refractivity contribution in [1.82, 2.24) is 0 Å². The lowest BCUT2D eigenvalue weighted by Gasteiger charge is -2.35. The summed E-state index contributed by atoms with van der Waals surface area (Å²) in [6, 6.07) is 6.66. The smallest absolute Gasteiger partial charge is 0.0585 e. The lowest BCUT2D eigenvalue weighted by molar-refractivity contribution is 0.0556. The van der Waals surface area contributed by atoms with Crippen molar-refractivity contribution in [3.8, 4) is 0 Å². The van der Waals surface area contributed by atoms with Crippen molar-refractivity contribution in [2.45, 2.75) is 46.1 Å². The molecular weight excluding hydrogens is 234 g/mol. The Balaban J connectivity index is 2.05. The van der Waals surface area contributed by atoms with Crippen molar-refractivity contribution < 1.29 is 5.11 Å². The van der Waals surface area contributed by atoms with Gasteiger partial charge in [0.2, 0.25) is 0 Å². The molecule has 3 unspecified atom stereocenters. The highest BCUT2D eigenvalue weighted by atomic mass is 16.3. The highest BCUT2D eigenvalue weighted by molar-refractivity contribution is 5.50. The van der Waals surface area contributed by atoms with Crippen LogP contribution in [0.15, 0.2) is 18.2 Å². The molecule has 1 N–H and O–H groups in total. The molecule has 0 spiro atoms. The van der Waals surface area contributed by atoms with E-state index in [1.165, 1.54) is 23.2 Å². The SMILES string of the molecule is Cc1cc(C)cc(N(C)CC2CC(C)CCC2O)c1. The zero-order valence-electron chi connectivity index (χ0n) is 12.7. The van der Waals surface area contributed by atoms with Gasteiger partial charge >= 0.3 is 0 Å². The molecule has 1 saturated carbocycles. The van der Waals surface area contributed by atoms with E-state index >= 15 is 0 Å². The minimum atomic E-state index is -0.121. The summed E-state index contributed by atoms with van der Waals surface area (Å²) in [4.78, 5) is 2.30. The zero-order chi connectivity index (χ0) is 14.0. The van der Waals surface area contributed by atoms with Crippen molar-refractivity contribution in [2.24, 2.45) is 11.8 Å². The van der Waals surface area contributed by atoms with Gasteiger partial charge in [0.05, 0.1) is 6.10 Å². The maximum absolute atomic E-state index is 10.2. The first-order chi connectivity index (χ1) is 8.95. The first kappa shape index (κ1) is 14.4. The number of nitrogens with zero attached hydrogens (tertiary/aromatic N) is 1. The van der Waals surface area contributed by atoms with Gasteiger partial charge in [-0.05, 0) is 62.3 Å². The number of hydrogen-bond donors (Lipinski definition) is 1. The van der Waals surface area contributed by atoms with Gasteiger partial charge in [-0.2, -0.15) is 0 Å². The van der Waals surface area contributed by atoms with Gasteiger partial charge in [-0.15, -0.1) is 0 Å². The maximum Gasteiger partial charge on any atom is 0.0585 e. The number of aliphatic hydroxyl groups excluding tert-OH is 1. The quantitative estimate of drug-likeness (QED) is 0.899. The predicted molar refractivity (Wildman–Crippen MR) is 81.7 cm³/mol. The predicted octanol–water partition coefficient (Wildman–Crippen LogP) is 3.54. The first-order valence-electron chi connectivity index (χ1n) is 7.43. The molecule has 0 aliphatic heterocycles. The topological polar surface area (TPSA) is 23.5 Å². The van der Waals surface area contributed by atoms with E-state index in [0.717, 1.165) is 25.3 Å². The van der Waals surface area contributed by atoms with Crippen molar-refractivity contribution in [2.75, 3.05) is 18.5 Å². The van der Waals surface area contributed by atoms with E-state index in [1.54, 1.807) is 0 Å². The van der Waals surface area contributed by atoms with Gasteiger partial charge < -0.3 is 10.0 Å². The molecule has 2 nitrogen and oxygen atoms in total. The maximum atomic E-state index is 10.2. The van der Waals surface area contributed by atoms with Gasteiger partial charge in [-0.1, -0.05) is 13.0 Å². The van der Waals surface area contributed by atoms with Crippen molar-refractivity contribution in [1.29, 1.82) is 0 Å². The van der Waals surface area contributed by atoms with Gasteiger partial charge in [-0.25, -0.2) is 0 Å². The molecule has 1 aromatic carbocycles. The van der Waals surface area contributed by atoms with E-state index in [-0.39, 0.29) is 6.10 Å². The van der Waals surface area contributed by atoms with Crippen molar-refractivity contribution in [3.05, 3.63) is 29.3 Å². The van der Waals surface area contributed by atoms with Crippen LogP contribution in [0.1, 0.15) is 37.3 Å². The highest BCUT2D eigenvalue weighted by Crippen LogP contribution is 2.30. The van der Waals surface area contributed by atoms with Crippen LogP contribution in [0.5, 0.6) is 0 Å². The van der Waals surface area contributed by atoms with Crippen LogP contribution in [0.25, 0.3) is 0 Å². The second-order valence-electron chi connectivity index (χ2n) is 6.47. The minimum Gasteiger partial charge on any atom is -0.393 e. The highest BCUT2D eigenvalue weighted by Gasteiger charge is 2.27. The summed E-state index contributed by atoms with van der Waals surface area (Å²) in [5.41, 5.74) is 3.88. The van der Waals surface area contributed by atoms with Crippen LogP contribution < -0.4 is 4.90 Å². The Bertz CT molecular complexity index is 409. The fourth-order valence-electron chi connectivity index (χ4n) is 3.31. The summed E-state index contributed by atoms with van der Waals surface area (Å²) in [6.45, 7) is 7.54. The molecule has 2 heteroatoms. The number of benzene rings is 1. The minimum absolute atomic E-state index is 0.121. The molecular formula is C17H27NO. The zero-order valence-corrected chi connectivity index (χ0v) is 12.7. The number of aryl methyl sites for hydroxylation is 2. The molecule has 0 heterocycles. The molecule has 1 aromatic rings. The summed E-state index contributed by atoms with van der Waals surface area (Å²) in [5.74, 6) is 1.16. The lowest BCUT2D eigenvalue weighted by Crippen LogP contribution is -2.37. The number of rotatable bonds is 3. The van der Waals surface area contributed by atoms with Crippen LogP contribution >= 0.6 is 0 Å². The number of anilines is 1. The van der Waals surface area contributed by atoms with Gasteiger partial charge in [0.1, 0.15) is 0 Å². The standard InChI is InChI=1S/C17H27NO/c1-12-5-6-17(19)15(8-12)11-18(4)16-9-13(2)7-14(3)10-16/h7,9-10,12,15,17,19H,5-6,8,11H2,1-4H3. The first-order valence-corrected chi connectivity index (χ1v) is 7.43. The third-order valence-corrected chi connectivity index (χ3v) is 4.36. The van der Waals surface area contributed by atoms with Crippen LogP contribution in [-0.2, 0) is 0 Å². The molecule has 1 aliphatic carbocycles. The van der Waals surface area contributed by atoms with Crippen LogP contribution in [-0.4, -0.2) is 24.8 Å². The average Bonchev–Trinajstić information content (AvgIpc) is 2.32. The third kappa shape index (κ3) is 3.73. The van der Waals surface area contributed by atoms with E-state index < -0.39 is 0 Å². The number of hydrogen-bond acceptors (Lipinski definition) is 2. The molecule has 0 radical (unpaired) electrons. The summed E-state index contributed by atoms with van der Waals surface area (Å²) in [7, 11) is 2.14. The Hall–Kier alpha value is -1.02. The van der Waals surface area contributed by atoms with E-state index in [1.807, 2.05) is 0 Å². The molecule has 19 heavy (non-hydrogen) atoms. The average molecular weight is 261 g/mol. The lowest BCUT2D eigenvalue weighted by atomic mass is 9.80. The van der Waals surface area contributed by atoms with Crippen LogP contribution in [0, 0.1) is 25.7 Å². The van der Waals surface area contributed by atoms with Crippen LogP contribution in [0.3, 0.4) is 0 Å². The monoisotopic (exact) mass is 261 g/mol. The fraction of sp³-hybridized carbons (Fsp3) is 0.647. The van der Waals surface area contributed by atoms with Gasteiger partial charge in [0.25, 0.3) is 0 Å². The van der Waals surface area contributed by atoms with Crippen LogP contribution in [0.2, 0.25) is 0 Å². The Morgan fingerprint density at radius 1 is 1.16 bits per heavy atom. The molecule has 1 fully saturated rings. The Labute approximate surface area is 117 Å². The molecule has 1 aliphatic rings. The van der Waals surface area contributed by atoms with Crippen molar-refractivity contribution in [3.63, 3.8) is 0 Å². The number of aliphatic hydroxyl groups is 1. The van der Waals surface area contributed by atoms with E-state index in [9.17, 15) is 5.11 Å². The summed E-state index contributed by atoms with van der Waals surface area (Å²) >= 11 is 0. The Morgan fingerprint density at radius 3 is 2.42 bits per heavy atom. The van der Waals surface area contributed by atoms with Gasteiger partial charge in [-0.3, -0.25) is 0 Å². The molecule has 2 rings (SSSR count). The van der Waals surface area contributed by atoms with E-state index in [0.29, 0.717) is 5.92 Å². The van der Waals surface area contributed by atoms with Crippen LogP contribution in [0.4, 0.5) is 5.69 Å². The summed E-state index contributed by atoms with van der Waals surface area (Å²) in [6.07, 6.45) is 3.16. The molecule has 106 valence electrons. The molecule has 0 aromatic heterocycles. The second-order valence-corrected chi connectivity index (χ2v) is 6.47. The summed E-state index contributed by atoms with van der Waals surface area (Å²) in [5, 5.41) is 10.2. The molecule has 0 saturated heterocycles. The van der Waals surface area contributed by atoms with Crippen molar-refractivity contribution >= 4 is 5.69 Å². The molecule has 0 amide bonds. The van der Waals surface area contributed by atoms with E-state index in [4.69, 9.17) is 0 Å². The Kier molecular flexibility index (Phi) is 4.51. The summed E-state index contributed by atoms with van der Waals surface area (Å²) < 4.78 is 0. The second kappa shape index (κ2) is 5.96. The van der Waals surface area contributed by atoms with Gasteiger partial charge in [0.15, 0.2) is 0 Å². The molecule has 3 atom stereocenters. The normalized spacial score (nSPS) is 27.3. The molecule has 0 bridgehead atoms. The van der Waals surface area contributed by atoms with Gasteiger partial charge in [0, 0.05) is 25.2 Å². The van der Waals surface area contributed by atoms with E-state index in [2.05, 4.69) is 50.9 Å².